The molecular weight excluding hydrogens is 312 g/mol. The molecule has 3 N–H and O–H groups in total. The maximum atomic E-state index is 14.2. The van der Waals surface area contributed by atoms with E-state index in [9.17, 15) is 13.6 Å². The van der Waals surface area contributed by atoms with Gasteiger partial charge in [-0.05, 0) is 41.7 Å². The zero-order chi connectivity index (χ0) is 17.7. The van der Waals surface area contributed by atoms with Gasteiger partial charge in [-0.3, -0.25) is 4.79 Å². The van der Waals surface area contributed by atoms with Crippen molar-refractivity contribution in [1.29, 1.82) is 0 Å². The molecule has 5 heteroatoms. The second-order valence-electron chi connectivity index (χ2n) is 5.47. The molecule has 0 saturated carbocycles. The number of aryl methyl sites for hydroxylation is 1. The first kappa shape index (κ1) is 17.8. The Hall–Kier alpha value is -2.53. The summed E-state index contributed by atoms with van der Waals surface area (Å²) in [6.07, 6.45) is 2.49. The summed E-state index contributed by atoms with van der Waals surface area (Å²) in [5.41, 5.74) is 8.07. The number of carbonyl (C=O) groups is 1. The van der Waals surface area contributed by atoms with Crippen molar-refractivity contribution in [3.63, 3.8) is 0 Å². The lowest BCUT2D eigenvalue weighted by Crippen LogP contribution is -2.29. The standard InChI is InChI=1S/C19H19F2NO2/c1-2-12-3-5-13(6-4-12)15(9-10-18(22)19(23)24)16-8-7-14(20)11-17(16)21/h3-9,11,18H,2,10,22H2,1H3,(H,23,24). The highest BCUT2D eigenvalue weighted by Crippen LogP contribution is 2.27. The topological polar surface area (TPSA) is 63.3 Å². The molecule has 126 valence electrons. The Balaban J connectivity index is 2.47. The SMILES string of the molecule is CCc1ccc(C(=CCC(N)C(=O)O)c2ccc(F)cc2F)cc1. The highest BCUT2D eigenvalue weighted by molar-refractivity contribution is 5.81. The summed E-state index contributed by atoms with van der Waals surface area (Å²) in [7, 11) is 0. The Morgan fingerprint density at radius 1 is 1.21 bits per heavy atom. The summed E-state index contributed by atoms with van der Waals surface area (Å²) >= 11 is 0. The van der Waals surface area contributed by atoms with E-state index in [0.717, 1.165) is 23.6 Å². The highest BCUT2D eigenvalue weighted by atomic mass is 19.1. The van der Waals surface area contributed by atoms with Crippen LogP contribution < -0.4 is 5.73 Å². The Morgan fingerprint density at radius 2 is 1.88 bits per heavy atom. The maximum absolute atomic E-state index is 14.2. The fourth-order valence-corrected chi connectivity index (χ4v) is 2.36. The van der Waals surface area contributed by atoms with E-state index in [4.69, 9.17) is 10.8 Å². The zero-order valence-electron chi connectivity index (χ0n) is 13.3. The number of carboxylic acids is 1. The van der Waals surface area contributed by atoms with Gasteiger partial charge in [-0.1, -0.05) is 37.3 Å². The predicted octanol–water partition coefficient (Wildman–Crippen LogP) is 3.76. The molecule has 0 aliphatic rings. The molecule has 0 fully saturated rings. The van der Waals surface area contributed by atoms with E-state index in [2.05, 4.69) is 0 Å². The lowest BCUT2D eigenvalue weighted by Gasteiger charge is -2.12. The normalized spacial score (nSPS) is 12.9. The van der Waals surface area contributed by atoms with E-state index >= 15 is 0 Å². The fourth-order valence-electron chi connectivity index (χ4n) is 2.36. The van der Waals surface area contributed by atoms with Gasteiger partial charge in [0.2, 0.25) is 0 Å². The van der Waals surface area contributed by atoms with Crippen LogP contribution in [0.25, 0.3) is 5.57 Å². The van der Waals surface area contributed by atoms with E-state index in [1.165, 1.54) is 12.1 Å². The average Bonchev–Trinajstić information content (AvgIpc) is 2.56. The van der Waals surface area contributed by atoms with Crippen LogP contribution in [-0.2, 0) is 11.2 Å². The van der Waals surface area contributed by atoms with E-state index in [0.29, 0.717) is 5.57 Å². The lowest BCUT2D eigenvalue weighted by atomic mass is 9.94. The van der Waals surface area contributed by atoms with Crippen molar-refractivity contribution in [3.8, 4) is 0 Å². The third-order valence-corrected chi connectivity index (χ3v) is 3.79. The molecule has 0 spiro atoms. The van der Waals surface area contributed by atoms with Gasteiger partial charge in [-0.15, -0.1) is 0 Å². The van der Waals surface area contributed by atoms with Gasteiger partial charge in [-0.25, -0.2) is 8.78 Å². The van der Waals surface area contributed by atoms with Crippen molar-refractivity contribution in [2.24, 2.45) is 5.73 Å². The molecule has 0 aromatic heterocycles. The van der Waals surface area contributed by atoms with Gasteiger partial charge in [0.05, 0.1) is 0 Å². The van der Waals surface area contributed by atoms with Gasteiger partial charge in [0, 0.05) is 11.6 Å². The van der Waals surface area contributed by atoms with Gasteiger partial charge < -0.3 is 10.8 Å². The summed E-state index contributed by atoms with van der Waals surface area (Å²) < 4.78 is 27.4. The summed E-state index contributed by atoms with van der Waals surface area (Å²) in [4.78, 5) is 10.9. The number of nitrogens with two attached hydrogens (primary N) is 1. The number of carboxylic acid groups (broad SMARTS) is 1. The molecule has 24 heavy (non-hydrogen) atoms. The summed E-state index contributed by atoms with van der Waals surface area (Å²) in [6, 6.07) is 9.74. The number of aliphatic carboxylic acids is 1. The monoisotopic (exact) mass is 331 g/mol. The van der Waals surface area contributed by atoms with Gasteiger partial charge in [0.15, 0.2) is 0 Å². The van der Waals surface area contributed by atoms with E-state index < -0.39 is 23.6 Å². The molecule has 3 nitrogen and oxygen atoms in total. The smallest absolute Gasteiger partial charge is 0.320 e. The van der Waals surface area contributed by atoms with Crippen molar-refractivity contribution in [3.05, 3.63) is 76.9 Å². The van der Waals surface area contributed by atoms with Crippen LogP contribution in [-0.4, -0.2) is 17.1 Å². The number of halogens is 2. The quantitative estimate of drug-likeness (QED) is 0.847. The number of hydrogen-bond acceptors (Lipinski definition) is 2. The number of hydrogen-bond donors (Lipinski definition) is 2. The first-order chi connectivity index (χ1) is 11.4. The van der Waals surface area contributed by atoms with Crippen LogP contribution in [0.1, 0.15) is 30.0 Å². The molecule has 0 aliphatic carbocycles. The molecule has 1 unspecified atom stereocenters. The molecule has 2 rings (SSSR count). The molecule has 0 aliphatic heterocycles. The van der Waals surface area contributed by atoms with E-state index in [1.807, 2.05) is 31.2 Å². The zero-order valence-corrected chi connectivity index (χ0v) is 13.3. The Bertz CT molecular complexity index is 754. The van der Waals surface area contributed by atoms with Gasteiger partial charge in [0.25, 0.3) is 0 Å². The van der Waals surface area contributed by atoms with Gasteiger partial charge >= 0.3 is 5.97 Å². The van der Waals surface area contributed by atoms with Crippen LogP contribution in [0.3, 0.4) is 0 Å². The molecule has 1 atom stereocenters. The highest BCUT2D eigenvalue weighted by Gasteiger charge is 2.14. The minimum atomic E-state index is -1.13. The third-order valence-electron chi connectivity index (χ3n) is 3.79. The molecule has 0 radical (unpaired) electrons. The van der Waals surface area contributed by atoms with Crippen LogP contribution >= 0.6 is 0 Å². The van der Waals surface area contributed by atoms with Crippen LogP contribution in [0, 0.1) is 11.6 Å². The molecule has 2 aromatic carbocycles. The maximum Gasteiger partial charge on any atom is 0.320 e. The van der Waals surface area contributed by atoms with E-state index in [1.54, 1.807) is 6.08 Å². The largest absolute Gasteiger partial charge is 0.480 e. The number of rotatable bonds is 6. The average molecular weight is 331 g/mol. The summed E-state index contributed by atoms with van der Waals surface area (Å²) in [6.45, 7) is 2.03. The first-order valence-corrected chi connectivity index (χ1v) is 7.65. The van der Waals surface area contributed by atoms with Crippen molar-refractivity contribution in [1.82, 2.24) is 0 Å². The predicted molar refractivity (Wildman–Crippen MR) is 89.5 cm³/mol. The Kier molecular flexibility index (Phi) is 5.82. The van der Waals surface area contributed by atoms with Gasteiger partial charge in [0.1, 0.15) is 17.7 Å². The molecule has 2 aromatic rings. The van der Waals surface area contributed by atoms with Crippen LogP contribution in [0.15, 0.2) is 48.5 Å². The van der Waals surface area contributed by atoms with Crippen molar-refractivity contribution >= 4 is 11.5 Å². The summed E-state index contributed by atoms with van der Waals surface area (Å²) in [5.74, 6) is -2.50. The van der Waals surface area contributed by atoms with Crippen LogP contribution in [0.4, 0.5) is 8.78 Å². The second-order valence-corrected chi connectivity index (χ2v) is 5.47. The second kappa shape index (κ2) is 7.84. The minimum absolute atomic E-state index is 0.0387. The molecule has 0 saturated heterocycles. The fraction of sp³-hybridized carbons (Fsp3) is 0.211. The minimum Gasteiger partial charge on any atom is -0.480 e. The molecule has 0 heterocycles. The first-order valence-electron chi connectivity index (χ1n) is 7.65. The van der Waals surface area contributed by atoms with Crippen LogP contribution in [0.5, 0.6) is 0 Å². The molecule has 0 bridgehead atoms. The van der Waals surface area contributed by atoms with E-state index in [-0.39, 0.29) is 12.0 Å². The van der Waals surface area contributed by atoms with Crippen molar-refractivity contribution in [2.75, 3.05) is 0 Å². The third kappa shape index (κ3) is 4.26. The Morgan fingerprint density at radius 3 is 2.42 bits per heavy atom. The number of benzene rings is 2. The summed E-state index contributed by atoms with van der Waals surface area (Å²) in [5, 5.41) is 8.92. The molecular formula is C19H19F2NO2. The molecule has 0 amide bonds. The van der Waals surface area contributed by atoms with Crippen molar-refractivity contribution < 1.29 is 18.7 Å². The van der Waals surface area contributed by atoms with Gasteiger partial charge in [-0.2, -0.15) is 0 Å². The lowest BCUT2D eigenvalue weighted by molar-refractivity contribution is -0.138. The van der Waals surface area contributed by atoms with Crippen LogP contribution in [0.2, 0.25) is 0 Å². The van der Waals surface area contributed by atoms with Crippen molar-refractivity contribution in [2.45, 2.75) is 25.8 Å². The Labute approximate surface area is 139 Å².